The largest absolute Gasteiger partial charge is 0.350 e. The minimum Gasteiger partial charge on any atom is -0.350 e. The molecular weight excluding hydrogens is 377 g/mol. The number of nitrogens with zero attached hydrogens (tertiary/aromatic N) is 2. The van der Waals surface area contributed by atoms with Crippen LogP contribution in [0.4, 0.5) is 4.39 Å². The Morgan fingerprint density at radius 2 is 1.86 bits per heavy atom. The van der Waals surface area contributed by atoms with Crippen molar-refractivity contribution in [2.24, 2.45) is 0 Å². The monoisotopic (exact) mass is 393 g/mol. The van der Waals surface area contributed by atoms with Gasteiger partial charge in [0.1, 0.15) is 17.2 Å². The smallest absolute Gasteiger partial charge is 0.262 e. The van der Waals surface area contributed by atoms with Crippen LogP contribution in [0.5, 0.6) is 0 Å². The molecular formula is C21H16FN3O2S. The van der Waals surface area contributed by atoms with Gasteiger partial charge in [0.2, 0.25) is 5.91 Å². The summed E-state index contributed by atoms with van der Waals surface area (Å²) in [4.78, 5) is 30.9. The van der Waals surface area contributed by atoms with Gasteiger partial charge in [-0.15, -0.1) is 11.3 Å². The topological polar surface area (TPSA) is 64.0 Å². The normalized spacial score (nSPS) is 10.9. The minimum absolute atomic E-state index is 0.126. The molecule has 2 heterocycles. The molecule has 0 atom stereocenters. The Hall–Kier alpha value is -3.32. The Kier molecular flexibility index (Phi) is 4.99. The molecule has 0 aliphatic rings. The lowest BCUT2D eigenvalue weighted by atomic mass is 10.2. The summed E-state index contributed by atoms with van der Waals surface area (Å²) in [5.74, 6) is -0.641. The highest BCUT2D eigenvalue weighted by atomic mass is 32.1. The molecule has 28 heavy (non-hydrogen) atoms. The molecule has 0 saturated carbocycles. The average molecular weight is 393 g/mol. The number of amides is 1. The summed E-state index contributed by atoms with van der Waals surface area (Å²) in [5.41, 5.74) is 1.55. The van der Waals surface area contributed by atoms with Gasteiger partial charge in [0.25, 0.3) is 5.56 Å². The molecule has 0 fully saturated rings. The first-order valence-corrected chi connectivity index (χ1v) is 9.47. The summed E-state index contributed by atoms with van der Waals surface area (Å²) >= 11 is 1.45. The van der Waals surface area contributed by atoms with Crippen molar-refractivity contribution in [3.63, 3.8) is 0 Å². The van der Waals surface area contributed by atoms with Crippen LogP contribution in [0.1, 0.15) is 5.56 Å². The van der Waals surface area contributed by atoms with Gasteiger partial charge in [0.05, 0.1) is 11.7 Å². The molecule has 7 heteroatoms. The molecule has 2 aromatic heterocycles. The summed E-state index contributed by atoms with van der Waals surface area (Å²) in [7, 11) is 0. The number of rotatable bonds is 5. The number of hydrogen-bond acceptors (Lipinski definition) is 4. The van der Waals surface area contributed by atoms with Crippen LogP contribution in [0, 0.1) is 5.82 Å². The summed E-state index contributed by atoms with van der Waals surface area (Å²) in [5, 5.41) is 3.22. The van der Waals surface area contributed by atoms with Crippen molar-refractivity contribution in [2.45, 2.75) is 13.1 Å². The molecule has 140 valence electrons. The van der Waals surface area contributed by atoms with E-state index >= 15 is 0 Å². The third-order valence-electron chi connectivity index (χ3n) is 4.29. The number of benzene rings is 2. The zero-order chi connectivity index (χ0) is 19.5. The first-order chi connectivity index (χ1) is 13.6. The van der Waals surface area contributed by atoms with Gasteiger partial charge in [0.15, 0.2) is 0 Å². The Morgan fingerprint density at radius 1 is 1.11 bits per heavy atom. The van der Waals surface area contributed by atoms with E-state index in [1.165, 1.54) is 34.4 Å². The lowest BCUT2D eigenvalue weighted by Gasteiger charge is -2.07. The van der Waals surface area contributed by atoms with Crippen LogP contribution in [0.25, 0.3) is 20.7 Å². The second-order valence-corrected chi connectivity index (χ2v) is 7.31. The molecule has 0 radical (unpaired) electrons. The average Bonchev–Trinajstić information content (AvgIpc) is 3.16. The van der Waals surface area contributed by atoms with Crippen LogP contribution >= 0.6 is 11.3 Å². The second-order valence-electron chi connectivity index (χ2n) is 6.28. The lowest BCUT2D eigenvalue weighted by Crippen LogP contribution is -2.32. The van der Waals surface area contributed by atoms with E-state index in [9.17, 15) is 14.0 Å². The van der Waals surface area contributed by atoms with Crippen LogP contribution in [-0.4, -0.2) is 15.5 Å². The summed E-state index contributed by atoms with van der Waals surface area (Å²) in [6.07, 6.45) is 1.40. The number of thiophene rings is 1. The van der Waals surface area contributed by atoms with Crippen molar-refractivity contribution in [3.8, 4) is 10.4 Å². The maximum atomic E-state index is 12.9. The first-order valence-electron chi connectivity index (χ1n) is 8.66. The molecule has 0 spiro atoms. The van der Waals surface area contributed by atoms with E-state index in [4.69, 9.17) is 0 Å². The zero-order valence-electron chi connectivity index (χ0n) is 14.8. The number of nitrogens with one attached hydrogen (secondary N) is 1. The highest BCUT2D eigenvalue weighted by Crippen LogP contribution is 2.30. The molecule has 0 bridgehead atoms. The van der Waals surface area contributed by atoms with E-state index in [-0.39, 0.29) is 30.4 Å². The van der Waals surface area contributed by atoms with Crippen molar-refractivity contribution in [1.82, 2.24) is 14.9 Å². The summed E-state index contributed by atoms with van der Waals surface area (Å²) in [6.45, 7) is 0.139. The van der Waals surface area contributed by atoms with Crippen molar-refractivity contribution < 1.29 is 9.18 Å². The molecule has 4 aromatic rings. The summed E-state index contributed by atoms with van der Waals surface area (Å²) < 4.78 is 14.2. The van der Waals surface area contributed by atoms with Gasteiger partial charge in [0, 0.05) is 11.4 Å². The van der Waals surface area contributed by atoms with Gasteiger partial charge in [-0.05, 0) is 29.3 Å². The van der Waals surface area contributed by atoms with E-state index in [0.29, 0.717) is 10.2 Å². The highest BCUT2D eigenvalue weighted by Gasteiger charge is 2.12. The second kappa shape index (κ2) is 7.74. The van der Waals surface area contributed by atoms with Crippen molar-refractivity contribution in [3.05, 3.63) is 88.7 Å². The fourth-order valence-corrected chi connectivity index (χ4v) is 3.83. The van der Waals surface area contributed by atoms with Gasteiger partial charge in [-0.3, -0.25) is 14.2 Å². The molecule has 0 unspecified atom stereocenters. The molecule has 0 aliphatic heterocycles. The summed E-state index contributed by atoms with van der Waals surface area (Å²) in [6, 6.07) is 17.5. The van der Waals surface area contributed by atoms with Crippen LogP contribution in [0.15, 0.2) is 71.8 Å². The van der Waals surface area contributed by atoms with Crippen molar-refractivity contribution in [1.29, 1.82) is 0 Å². The molecule has 5 nitrogen and oxygen atoms in total. The third-order valence-corrected chi connectivity index (χ3v) is 5.39. The number of aromatic nitrogens is 2. The van der Waals surface area contributed by atoms with E-state index in [1.54, 1.807) is 12.1 Å². The molecule has 0 saturated heterocycles. The van der Waals surface area contributed by atoms with E-state index in [0.717, 1.165) is 16.0 Å². The fraction of sp³-hybridized carbons (Fsp3) is 0.0952. The van der Waals surface area contributed by atoms with Crippen LogP contribution < -0.4 is 10.9 Å². The van der Waals surface area contributed by atoms with Gasteiger partial charge >= 0.3 is 0 Å². The Balaban J connectivity index is 1.50. The van der Waals surface area contributed by atoms with Crippen molar-refractivity contribution >= 4 is 27.5 Å². The Morgan fingerprint density at radius 3 is 2.61 bits per heavy atom. The van der Waals surface area contributed by atoms with Gasteiger partial charge in [-0.1, -0.05) is 42.5 Å². The highest BCUT2D eigenvalue weighted by molar-refractivity contribution is 7.21. The predicted octanol–water partition coefficient (Wildman–Crippen LogP) is 3.58. The molecule has 0 aliphatic carbocycles. The molecule has 2 aromatic carbocycles. The van der Waals surface area contributed by atoms with Gasteiger partial charge in [-0.2, -0.15) is 0 Å². The van der Waals surface area contributed by atoms with Crippen molar-refractivity contribution in [2.75, 3.05) is 0 Å². The van der Waals surface area contributed by atoms with Crippen LogP contribution in [0.2, 0.25) is 0 Å². The minimum atomic E-state index is -0.327. The van der Waals surface area contributed by atoms with Gasteiger partial charge in [-0.25, -0.2) is 9.37 Å². The first kappa shape index (κ1) is 18.1. The number of hydrogen-bond donors (Lipinski definition) is 1. The lowest BCUT2D eigenvalue weighted by molar-refractivity contribution is -0.121. The molecule has 1 N–H and O–H groups in total. The Bertz CT molecular complexity index is 1180. The number of fused-ring (bicyclic) bond motifs is 1. The van der Waals surface area contributed by atoms with E-state index < -0.39 is 0 Å². The van der Waals surface area contributed by atoms with Gasteiger partial charge < -0.3 is 5.32 Å². The van der Waals surface area contributed by atoms with Crippen LogP contribution in [0.3, 0.4) is 0 Å². The maximum absolute atomic E-state index is 12.9. The quantitative estimate of drug-likeness (QED) is 0.564. The standard InChI is InChI=1S/C21H16FN3O2S/c22-16-8-6-14(7-9-16)11-23-19(26)12-25-13-24-20-17(21(25)27)10-18(28-20)15-4-2-1-3-5-15/h1-10,13H,11-12H2,(H,23,26). The van der Waals surface area contributed by atoms with E-state index in [1.807, 2.05) is 36.4 Å². The molecule has 4 rings (SSSR count). The fourth-order valence-electron chi connectivity index (χ4n) is 2.83. The SMILES string of the molecule is O=C(Cn1cnc2sc(-c3ccccc3)cc2c1=O)NCc1ccc(F)cc1. The zero-order valence-corrected chi connectivity index (χ0v) is 15.6. The van der Waals surface area contributed by atoms with Crippen LogP contribution in [-0.2, 0) is 17.9 Å². The molecule has 1 amide bonds. The number of halogens is 1. The number of carbonyl (C=O) groups excluding carboxylic acids is 1. The third kappa shape index (κ3) is 3.84. The number of carbonyl (C=O) groups is 1. The van der Waals surface area contributed by atoms with E-state index in [2.05, 4.69) is 10.3 Å². The Labute approximate surface area is 164 Å². The predicted molar refractivity (Wildman–Crippen MR) is 108 cm³/mol. The maximum Gasteiger partial charge on any atom is 0.262 e.